The molecule has 0 radical (unpaired) electrons. The topological polar surface area (TPSA) is 42.3 Å². The second-order valence-corrected chi connectivity index (χ2v) is 6.52. The zero-order chi connectivity index (χ0) is 18.1. The lowest BCUT2D eigenvalue weighted by Crippen LogP contribution is -2.30. The Kier molecular flexibility index (Phi) is 7.46. The highest BCUT2D eigenvalue weighted by Gasteiger charge is 2.12. The summed E-state index contributed by atoms with van der Waals surface area (Å²) >= 11 is 0. The Hall–Kier alpha value is -2.35. The van der Waals surface area contributed by atoms with Crippen molar-refractivity contribution in [1.82, 2.24) is 10.2 Å². The van der Waals surface area contributed by atoms with Crippen molar-refractivity contribution in [2.75, 3.05) is 39.1 Å². The second kappa shape index (κ2) is 9.83. The van der Waals surface area contributed by atoms with Crippen LogP contribution in [0.3, 0.4) is 0 Å². The molecule has 0 aromatic heterocycles. The highest BCUT2D eigenvalue weighted by Crippen LogP contribution is 2.17. The maximum atomic E-state index is 8.68. The normalized spacial score (nSPS) is 12.0. The third-order valence-electron chi connectivity index (χ3n) is 4.41. The number of hydrogen-bond acceptors (Lipinski definition) is 4. The van der Waals surface area contributed by atoms with Gasteiger partial charge in [0.1, 0.15) is 0 Å². The largest absolute Gasteiger partial charge is 0.374 e. The van der Waals surface area contributed by atoms with E-state index in [0.29, 0.717) is 12.5 Å². The molecular formula is C21H28N4. The molecule has 0 fully saturated rings. The first-order chi connectivity index (χ1) is 12.1. The van der Waals surface area contributed by atoms with Gasteiger partial charge in [0.2, 0.25) is 0 Å². The Morgan fingerprint density at radius 1 is 1.00 bits per heavy atom. The van der Waals surface area contributed by atoms with E-state index >= 15 is 0 Å². The van der Waals surface area contributed by atoms with Crippen LogP contribution in [0.25, 0.3) is 0 Å². The lowest BCUT2D eigenvalue weighted by atomic mass is 10.1. The summed E-state index contributed by atoms with van der Waals surface area (Å²) in [5.74, 6) is 0. The Bertz CT molecular complexity index is 659. The minimum absolute atomic E-state index is 0.359. The van der Waals surface area contributed by atoms with Crippen LogP contribution in [0.4, 0.5) is 5.69 Å². The van der Waals surface area contributed by atoms with Crippen LogP contribution >= 0.6 is 0 Å². The van der Waals surface area contributed by atoms with Gasteiger partial charge in [0.15, 0.2) is 0 Å². The molecule has 0 spiro atoms. The van der Waals surface area contributed by atoms with Crippen molar-refractivity contribution in [3.63, 3.8) is 0 Å². The van der Waals surface area contributed by atoms with Crippen LogP contribution in [-0.4, -0.2) is 39.1 Å². The van der Waals surface area contributed by atoms with Gasteiger partial charge in [0.25, 0.3) is 0 Å². The molecule has 2 aromatic carbocycles. The molecule has 1 atom stereocenters. The van der Waals surface area contributed by atoms with E-state index in [1.54, 1.807) is 0 Å². The fraction of sp³-hybridized carbons (Fsp3) is 0.381. The van der Waals surface area contributed by atoms with Crippen molar-refractivity contribution >= 4 is 5.69 Å². The summed E-state index contributed by atoms with van der Waals surface area (Å²) < 4.78 is 0. The monoisotopic (exact) mass is 336 g/mol. The van der Waals surface area contributed by atoms with Crippen LogP contribution in [0.2, 0.25) is 0 Å². The van der Waals surface area contributed by atoms with Gasteiger partial charge in [-0.1, -0.05) is 42.5 Å². The quantitative estimate of drug-likeness (QED) is 0.762. The lowest BCUT2D eigenvalue weighted by molar-refractivity contribution is 0.288. The van der Waals surface area contributed by atoms with Crippen LogP contribution in [-0.2, 0) is 6.54 Å². The first-order valence-corrected chi connectivity index (χ1v) is 8.71. The van der Waals surface area contributed by atoms with E-state index < -0.39 is 0 Å². The number of anilines is 1. The van der Waals surface area contributed by atoms with Crippen LogP contribution in [0.15, 0.2) is 54.6 Å². The summed E-state index contributed by atoms with van der Waals surface area (Å²) in [6, 6.07) is 21.7. The molecule has 4 heteroatoms. The fourth-order valence-corrected chi connectivity index (χ4v) is 2.84. The average Bonchev–Trinajstić information content (AvgIpc) is 2.64. The Morgan fingerprint density at radius 2 is 1.68 bits per heavy atom. The van der Waals surface area contributed by atoms with Gasteiger partial charge in [-0.2, -0.15) is 5.26 Å². The summed E-state index contributed by atoms with van der Waals surface area (Å²) in [6.07, 6.45) is 0.547. The predicted molar refractivity (Wildman–Crippen MR) is 105 cm³/mol. The highest BCUT2D eigenvalue weighted by molar-refractivity contribution is 5.46. The average molecular weight is 336 g/mol. The molecule has 0 saturated carbocycles. The van der Waals surface area contributed by atoms with E-state index in [1.807, 2.05) is 7.05 Å². The van der Waals surface area contributed by atoms with E-state index in [9.17, 15) is 0 Å². The van der Waals surface area contributed by atoms with Gasteiger partial charge in [0.05, 0.1) is 12.5 Å². The van der Waals surface area contributed by atoms with Gasteiger partial charge in [0, 0.05) is 38.4 Å². The highest BCUT2D eigenvalue weighted by atomic mass is 15.1. The van der Waals surface area contributed by atoms with E-state index in [4.69, 9.17) is 5.26 Å². The molecule has 0 aliphatic heterocycles. The molecule has 2 aromatic rings. The maximum absolute atomic E-state index is 8.68. The molecule has 25 heavy (non-hydrogen) atoms. The summed E-state index contributed by atoms with van der Waals surface area (Å²) in [4.78, 5) is 4.35. The van der Waals surface area contributed by atoms with Crippen LogP contribution in [0.1, 0.15) is 23.6 Å². The molecule has 0 amide bonds. The second-order valence-electron chi connectivity index (χ2n) is 6.52. The zero-order valence-corrected chi connectivity index (χ0v) is 15.4. The molecule has 2 rings (SSSR count). The van der Waals surface area contributed by atoms with Gasteiger partial charge < -0.3 is 15.1 Å². The third kappa shape index (κ3) is 5.90. The minimum Gasteiger partial charge on any atom is -0.374 e. The summed E-state index contributed by atoms with van der Waals surface area (Å²) in [5.41, 5.74) is 3.74. The Labute approximate surface area is 151 Å². The molecule has 0 bridgehead atoms. The van der Waals surface area contributed by atoms with Gasteiger partial charge in [-0.15, -0.1) is 0 Å². The summed E-state index contributed by atoms with van der Waals surface area (Å²) in [6.45, 7) is 2.51. The van der Waals surface area contributed by atoms with E-state index in [0.717, 1.165) is 25.3 Å². The van der Waals surface area contributed by atoms with Gasteiger partial charge in [-0.05, 0) is 37.4 Å². The van der Waals surface area contributed by atoms with Crippen LogP contribution in [0, 0.1) is 11.3 Å². The van der Waals surface area contributed by atoms with Crippen molar-refractivity contribution in [1.29, 1.82) is 5.26 Å². The van der Waals surface area contributed by atoms with Crippen LogP contribution in [0.5, 0.6) is 0 Å². The molecular weight excluding hydrogens is 308 g/mol. The SMILES string of the molecule is CN(CCC#N)c1ccc(CNC[C@H](c2ccccc2)N(C)C)cc1. The van der Waals surface area contributed by atoms with Gasteiger partial charge >= 0.3 is 0 Å². The number of nitrogens with zero attached hydrogens (tertiary/aromatic N) is 3. The predicted octanol–water partition coefficient (Wildman–Crippen LogP) is 3.43. The molecule has 0 aliphatic rings. The van der Waals surface area contributed by atoms with Crippen molar-refractivity contribution in [2.24, 2.45) is 0 Å². The Balaban J connectivity index is 1.87. The number of rotatable bonds is 9. The molecule has 0 unspecified atom stereocenters. The first kappa shape index (κ1) is 19.0. The molecule has 0 saturated heterocycles. The number of nitrogens with one attached hydrogen (secondary N) is 1. The summed E-state index contributed by atoms with van der Waals surface area (Å²) in [5, 5.41) is 12.2. The first-order valence-electron chi connectivity index (χ1n) is 8.71. The smallest absolute Gasteiger partial charge is 0.0640 e. The molecule has 0 heterocycles. The molecule has 132 valence electrons. The van der Waals surface area contributed by atoms with Crippen molar-refractivity contribution < 1.29 is 0 Å². The van der Waals surface area contributed by atoms with Gasteiger partial charge in [-0.25, -0.2) is 0 Å². The van der Waals surface area contributed by atoms with E-state index in [2.05, 4.69) is 89.9 Å². The van der Waals surface area contributed by atoms with Gasteiger partial charge in [-0.3, -0.25) is 0 Å². The van der Waals surface area contributed by atoms with E-state index in [-0.39, 0.29) is 0 Å². The maximum Gasteiger partial charge on any atom is 0.0640 e. The van der Waals surface area contributed by atoms with Crippen molar-refractivity contribution in [3.05, 3.63) is 65.7 Å². The zero-order valence-electron chi connectivity index (χ0n) is 15.4. The molecule has 0 aliphatic carbocycles. The standard InChI is InChI=1S/C21H28N4/c1-24(2)21(19-8-5-4-6-9-19)17-23-16-18-10-12-20(13-11-18)25(3)15-7-14-22/h4-6,8-13,21,23H,7,15-17H2,1-3H3/t21-/m1/s1. The number of benzene rings is 2. The van der Waals surface area contributed by atoms with E-state index in [1.165, 1.54) is 11.1 Å². The van der Waals surface area contributed by atoms with Crippen molar-refractivity contribution in [3.8, 4) is 6.07 Å². The third-order valence-corrected chi connectivity index (χ3v) is 4.41. The minimum atomic E-state index is 0.359. The van der Waals surface area contributed by atoms with Crippen molar-refractivity contribution in [2.45, 2.75) is 19.0 Å². The fourth-order valence-electron chi connectivity index (χ4n) is 2.84. The Morgan fingerprint density at radius 3 is 2.28 bits per heavy atom. The molecule has 1 N–H and O–H groups in total. The number of nitriles is 1. The van der Waals surface area contributed by atoms with Crippen LogP contribution < -0.4 is 10.2 Å². The lowest BCUT2D eigenvalue weighted by Gasteiger charge is -2.25. The molecule has 4 nitrogen and oxygen atoms in total. The number of hydrogen-bond donors (Lipinski definition) is 1. The summed E-state index contributed by atoms with van der Waals surface area (Å²) in [7, 11) is 6.25. The number of likely N-dealkylation sites (N-methyl/N-ethyl adjacent to an activating group) is 1.